The molecular formula is C15H20ClN3O3S2. The summed E-state index contributed by atoms with van der Waals surface area (Å²) in [5.41, 5.74) is 0.517. The summed E-state index contributed by atoms with van der Waals surface area (Å²) in [6.07, 6.45) is 2.22. The molecule has 0 radical (unpaired) electrons. The predicted octanol–water partition coefficient (Wildman–Crippen LogP) is 2.15. The summed E-state index contributed by atoms with van der Waals surface area (Å²) in [6.45, 7) is 3.37. The molecule has 0 atom stereocenters. The van der Waals surface area contributed by atoms with Crippen molar-refractivity contribution in [3.8, 4) is 0 Å². The van der Waals surface area contributed by atoms with Gasteiger partial charge in [-0.25, -0.2) is 8.42 Å². The van der Waals surface area contributed by atoms with Crippen molar-refractivity contribution in [3.63, 3.8) is 0 Å². The maximum Gasteiger partial charge on any atom is 0.243 e. The molecule has 0 bridgehead atoms. The summed E-state index contributed by atoms with van der Waals surface area (Å²) in [5, 5.41) is 4.11. The Balaban J connectivity index is 1.81. The van der Waals surface area contributed by atoms with Gasteiger partial charge in [0.05, 0.1) is 28.8 Å². The Hall–Kier alpha value is -0.930. The molecule has 1 aromatic rings. The van der Waals surface area contributed by atoms with Gasteiger partial charge >= 0.3 is 0 Å². The first-order valence-electron chi connectivity index (χ1n) is 7.92. The van der Waals surface area contributed by atoms with E-state index in [1.807, 2.05) is 0 Å². The van der Waals surface area contributed by atoms with Crippen LogP contribution in [-0.2, 0) is 14.8 Å². The van der Waals surface area contributed by atoms with E-state index in [9.17, 15) is 8.42 Å². The first-order chi connectivity index (χ1) is 11.5. The molecule has 3 rings (SSSR count). The van der Waals surface area contributed by atoms with E-state index in [1.54, 1.807) is 12.1 Å². The molecule has 0 aromatic heterocycles. The molecule has 0 unspecified atom stereocenters. The normalized spacial score (nSPS) is 19.5. The number of rotatable bonds is 3. The number of morpholine rings is 1. The summed E-state index contributed by atoms with van der Waals surface area (Å²) in [5.74, 6) is 0. The van der Waals surface area contributed by atoms with Crippen LogP contribution in [0, 0.1) is 0 Å². The van der Waals surface area contributed by atoms with Gasteiger partial charge in [0.1, 0.15) is 0 Å². The lowest BCUT2D eigenvalue weighted by molar-refractivity contribution is 0.0730. The topological polar surface area (TPSA) is 61.9 Å². The minimum atomic E-state index is -3.56. The smallest absolute Gasteiger partial charge is 0.243 e. The van der Waals surface area contributed by atoms with Gasteiger partial charge in [0, 0.05) is 26.2 Å². The molecule has 2 saturated heterocycles. The Morgan fingerprint density at radius 2 is 1.83 bits per heavy atom. The van der Waals surface area contributed by atoms with Gasteiger partial charge in [-0.05, 0) is 43.3 Å². The van der Waals surface area contributed by atoms with Gasteiger partial charge in [-0.2, -0.15) is 4.31 Å². The Kier molecular flexibility index (Phi) is 5.61. The molecule has 132 valence electrons. The maximum atomic E-state index is 12.7. The number of anilines is 1. The van der Waals surface area contributed by atoms with Crippen LogP contribution >= 0.6 is 23.8 Å². The zero-order chi connectivity index (χ0) is 17.2. The molecule has 1 aromatic carbocycles. The minimum absolute atomic E-state index is 0.209. The molecule has 2 aliphatic rings. The highest BCUT2D eigenvalue weighted by molar-refractivity contribution is 7.89. The molecule has 1 N–H and O–H groups in total. The summed E-state index contributed by atoms with van der Waals surface area (Å²) in [4.78, 5) is 2.27. The van der Waals surface area contributed by atoms with Crippen LogP contribution < -0.4 is 5.32 Å². The first kappa shape index (κ1) is 17.9. The fourth-order valence-corrected chi connectivity index (χ4v) is 4.70. The molecule has 2 fully saturated rings. The van der Waals surface area contributed by atoms with E-state index in [0.717, 1.165) is 25.9 Å². The Labute approximate surface area is 152 Å². The van der Waals surface area contributed by atoms with Gasteiger partial charge in [0.2, 0.25) is 10.0 Å². The zero-order valence-corrected chi connectivity index (χ0v) is 15.6. The summed E-state index contributed by atoms with van der Waals surface area (Å²) in [7, 11) is -3.56. The Morgan fingerprint density at radius 3 is 2.50 bits per heavy atom. The quantitative estimate of drug-likeness (QED) is 0.799. The number of nitrogens with one attached hydrogen (secondary N) is 1. The minimum Gasteiger partial charge on any atom is -0.379 e. The molecule has 0 amide bonds. The van der Waals surface area contributed by atoms with E-state index in [-0.39, 0.29) is 4.90 Å². The highest BCUT2D eigenvalue weighted by Crippen LogP contribution is 2.28. The van der Waals surface area contributed by atoms with Crippen LogP contribution in [0.3, 0.4) is 0 Å². The molecule has 0 spiro atoms. The Bertz CT molecular complexity index is 715. The van der Waals surface area contributed by atoms with Crippen molar-refractivity contribution in [2.24, 2.45) is 0 Å². The second-order valence-corrected chi connectivity index (χ2v) is 8.51. The lowest BCUT2D eigenvalue weighted by atomic mass is 10.3. The molecule has 9 heteroatoms. The number of hydrogen-bond donors (Lipinski definition) is 1. The molecule has 0 aliphatic carbocycles. The van der Waals surface area contributed by atoms with Crippen molar-refractivity contribution in [3.05, 3.63) is 23.2 Å². The second-order valence-electron chi connectivity index (χ2n) is 5.78. The van der Waals surface area contributed by atoms with Crippen LogP contribution in [0.5, 0.6) is 0 Å². The third kappa shape index (κ3) is 3.83. The van der Waals surface area contributed by atoms with Crippen molar-refractivity contribution in [2.45, 2.75) is 17.7 Å². The number of sulfonamides is 1. The first-order valence-corrected chi connectivity index (χ1v) is 10.1. The number of benzene rings is 1. The lowest BCUT2D eigenvalue weighted by Crippen LogP contribution is -2.40. The molecular weight excluding hydrogens is 370 g/mol. The van der Waals surface area contributed by atoms with Crippen molar-refractivity contribution >= 4 is 44.6 Å². The molecule has 0 saturated carbocycles. The summed E-state index contributed by atoms with van der Waals surface area (Å²) < 4.78 is 32.2. The fourth-order valence-electron chi connectivity index (χ4n) is 2.81. The SMILES string of the molecule is O=S(=O)(c1ccc(Cl)c(NC(=S)N2CCCC2)c1)N1CCOCC1. The van der Waals surface area contributed by atoms with Gasteiger partial charge in [-0.3, -0.25) is 0 Å². The Morgan fingerprint density at radius 1 is 1.17 bits per heavy atom. The monoisotopic (exact) mass is 389 g/mol. The number of hydrogen-bond acceptors (Lipinski definition) is 4. The van der Waals surface area contributed by atoms with Gasteiger partial charge in [0.15, 0.2) is 5.11 Å². The third-order valence-corrected chi connectivity index (χ3v) is 6.77. The molecule has 2 aliphatic heterocycles. The van der Waals surface area contributed by atoms with Gasteiger partial charge < -0.3 is 15.0 Å². The lowest BCUT2D eigenvalue weighted by Gasteiger charge is -2.26. The van der Waals surface area contributed by atoms with Crippen molar-refractivity contribution in [1.82, 2.24) is 9.21 Å². The maximum absolute atomic E-state index is 12.7. The molecule has 24 heavy (non-hydrogen) atoms. The van der Waals surface area contributed by atoms with E-state index >= 15 is 0 Å². The van der Waals surface area contributed by atoms with E-state index in [2.05, 4.69) is 10.2 Å². The van der Waals surface area contributed by atoms with Crippen LogP contribution in [0.15, 0.2) is 23.1 Å². The highest BCUT2D eigenvalue weighted by Gasteiger charge is 2.27. The van der Waals surface area contributed by atoms with E-state index in [0.29, 0.717) is 42.1 Å². The number of ether oxygens (including phenoxy) is 1. The summed E-state index contributed by atoms with van der Waals surface area (Å²) >= 11 is 11.6. The van der Waals surface area contributed by atoms with Crippen LogP contribution in [0.25, 0.3) is 0 Å². The number of thiocarbonyl (C=S) groups is 1. The van der Waals surface area contributed by atoms with Crippen LogP contribution in [0.2, 0.25) is 5.02 Å². The predicted molar refractivity (Wildman–Crippen MR) is 98.1 cm³/mol. The highest BCUT2D eigenvalue weighted by atomic mass is 35.5. The van der Waals surface area contributed by atoms with Crippen molar-refractivity contribution < 1.29 is 13.2 Å². The van der Waals surface area contributed by atoms with E-state index in [1.165, 1.54) is 10.4 Å². The number of halogens is 1. The third-order valence-electron chi connectivity index (χ3n) is 4.18. The average Bonchev–Trinajstić information content (AvgIpc) is 3.12. The van der Waals surface area contributed by atoms with E-state index < -0.39 is 10.0 Å². The van der Waals surface area contributed by atoms with Gasteiger partial charge in [-0.1, -0.05) is 11.6 Å². The van der Waals surface area contributed by atoms with Crippen LogP contribution in [0.1, 0.15) is 12.8 Å². The van der Waals surface area contributed by atoms with Crippen LogP contribution in [-0.4, -0.2) is 62.1 Å². The van der Waals surface area contributed by atoms with Gasteiger partial charge in [0.25, 0.3) is 0 Å². The second kappa shape index (κ2) is 7.53. The standard InChI is InChI=1S/C15H20ClN3O3S2/c16-13-4-3-12(24(20,21)19-7-9-22-10-8-19)11-14(13)17-15(23)18-5-1-2-6-18/h3-4,11H,1-2,5-10H2,(H,17,23). The molecule has 2 heterocycles. The van der Waals surface area contributed by atoms with Crippen molar-refractivity contribution in [2.75, 3.05) is 44.7 Å². The van der Waals surface area contributed by atoms with Crippen LogP contribution in [0.4, 0.5) is 5.69 Å². The number of nitrogens with zero attached hydrogens (tertiary/aromatic N) is 2. The largest absolute Gasteiger partial charge is 0.379 e. The van der Waals surface area contributed by atoms with Gasteiger partial charge in [-0.15, -0.1) is 0 Å². The average molecular weight is 390 g/mol. The number of likely N-dealkylation sites (tertiary alicyclic amines) is 1. The molecule has 6 nitrogen and oxygen atoms in total. The fraction of sp³-hybridized carbons (Fsp3) is 0.533. The summed E-state index contributed by atoms with van der Waals surface area (Å²) in [6, 6.07) is 4.66. The zero-order valence-electron chi connectivity index (χ0n) is 13.2. The van der Waals surface area contributed by atoms with Crippen molar-refractivity contribution in [1.29, 1.82) is 0 Å². The van der Waals surface area contributed by atoms with E-state index in [4.69, 9.17) is 28.6 Å².